The molecule has 2 aromatic carbocycles. The minimum atomic E-state index is -0.690. The van der Waals surface area contributed by atoms with E-state index in [0.29, 0.717) is 12.1 Å². The Morgan fingerprint density at radius 1 is 0.806 bits per heavy atom. The van der Waals surface area contributed by atoms with Gasteiger partial charge in [0, 0.05) is 23.8 Å². The van der Waals surface area contributed by atoms with Crippen LogP contribution in [-0.4, -0.2) is 30.1 Å². The van der Waals surface area contributed by atoms with Gasteiger partial charge in [0.1, 0.15) is 11.5 Å². The number of nitrogens with one attached hydrogen (secondary N) is 1. The fourth-order valence-electron chi connectivity index (χ4n) is 5.57. The molecule has 2 fully saturated rings. The molecule has 0 saturated carbocycles. The third-order valence-corrected chi connectivity index (χ3v) is 7.12. The van der Waals surface area contributed by atoms with Crippen LogP contribution in [0.3, 0.4) is 0 Å². The smallest absolute Gasteiger partial charge is 0.153 e. The first-order valence-corrected chi connectivity index (χ1v) is 11.7. The first kappa shape index (κ1) is 20.6. The highest BCUT2D eigenvalue weighted by atomic mass is 19.1. The fraction of sp³-hybridized carbons (Fsp3) is 0.520. The van der Waals surface area contributed by atoms with Gasteiger partial charge in [-0.15, -0.1) is 5.11 Å². The molecule has 0 unspecified atom stereocenters. The zero-order chi connectivity index (χ0) is 21.2. The molecular formula is C25H30F2N4. The molecule has 31 heavy (non-hydrogen) atoms. The highest BCUT2D eigenvalue weighted by molar-refractivity contribution is 5.65. The lowest BCUT2D eigenvalue weighted by Gasteiger charge is -2.45. The van der Waals surface area contributed by atoms with Crippen molar-refractivity contribution < 1.29 is 8.78 Å². The Labute approximate surface area is 182 Å². The molecule has 3 aliphatic rings. The third kappa shape index (κ3) is 4.36. The minimum Gasteiger partial charge on any atom is -0.381 e. The lowest BCUT2D eigenvalue weighted by Crippen LogP contribution is -2.53. The summed E-state index contributed by atoms with van der Waals surface area (Å²) < 4.78 is 27.1. The number of anilines is 1. The highest BCUT2D eigenvalue weighted by Crippen LogP contribution is 2.38. The Balaban J connectivity index is 1.40. The molecule has 5 rings (SSSR count). The minimum absolute atomic E-state index is 0.0627. The Kier molecular flexibility index (Phi) is 5.99. The summed E-state index contributed by atoms with van der Waals surface area (Å²) in [7, 11) is 0. The van der Waals surface area contributed by atoms with Crippen molar-refractivity contribution in [2.45, 2.75) is 69.9 Å². The maximum Gasteiger partial charge on any atom is 0.153 e. The van der Waals surface area contributed by atoms with Crippen molar-refractivity contribution in [3.63, 3.8) is 0 Å². The summed E-state index contributed by atoms with van der Waals surface area (Å²) in [6.45, 7) is 2.47. The molecule has 2 aliphatic heterocycles. The predicted octanol–water partition coefficient (Wildman–Crippen LogP) is 6.69. The molecule has 0 aromatic heterocycles. The average molecular weight is 425 g/mol. The topological polar surface area (TPSA) is 40.0 Å². The van der Waals surface area contributed by atoms with E-state index in [1.807, 2.05) is 6.07 Å². The molecule has 0 amide bonds. The van der Waals surface area contributed by atoms with E-state index < -0.39 is 11.6 Å². The zero-order valence-electron chi connectivity index (χ0n) is 17.9. The molecule has 164 valence electrons. The molecule has 0 radical (unpaired) electrons. The first-order valence-electron chi connectivity index (χ1n) is 11.7. The summed E-state index contributed by atoms with van der Waals surface area (Å²) in [4.78, 5) is 2.68. The summed E-state index contributed by atoms with van der Waals surface area (Å²) in [6.07, 6.45) is 10.7. The summed E-state index contributed by atoms with van der Waals surface area (Å²) in [6, 6.07) is 8.65. The number of hydrogen-bond acceptors (Lipinski definition) is 4. The van der Waals surface area contributed by atoms with E-state index in [1.54, 1.807) is 0 Å². The van der Waals surface area contributed by atoms with E-state index >= 15 is 0 Å². The van der Waals surface area contributed by atoms with Crippen LogP contribution in [0.4, 0.5) is 25.8 Å². The molecule has 0 spiro atoms. The standard InChI is InChI=1S/C25H30F2N4/c26-17-10-11-23(20(27)16-17)30-29-22-13-12-21(18-6-1-2-7-19(18)22)28-24-8-5-15-31-14-4-3-9-25(24)31/h10-13,16,24-25,28H,1-9,14-15H2/t24-,25-/m1/s1. The molecule has 2 atom stereocenters. The summed E-state index contributed by atoms with van der Waals surface area (Å²) in [5.41, 5.74) is 4.66. The predicted molar refractivity (Wildman–Crippen MR) is 119 cm³/mol. The maximum atomic E-state index is 13.9. The van der Waals surface area contributed by atoms with Gasteiger partial charge in [0.25, 0.3) is 0 Å². The van der Waals surface area contributed by atoms with Crippen LogP contribution in [0.2, 0.25) is 0 Å². The molecule has 2 saturated heterocycles. The number of benzene rings is 2. The number of fused-ring (bicyclic) bond motifs is 2. The summed E-state index contributed by atoms with van der Waals surface area (Å²) in [5, 5.41) is 12.4. The van der Waals surface area contributed by atoms with E-state index in [1.165, 1.54) is 80.6 Å². The van der Waals surface area contributed by atoms with Gasteiger partial charge in [-0.25, -0.2) is 8.78 Å². The van der Waals surface area contributed by atoms with E-state index in [2.05, 4.69) is 26.5 Å². The number of hydrogen-bond donors (Lipinski definition) is 1. The number of rotatable bonds is 4. The van der Waals surface area contributed by atoms with Crippen LogP contribution in [0, 0.1) is 11.6 Å². The van der Waals surface area contributed by atoms with Gasteiger partial charge in [-0.05, 0) is 99.8 Å². The second-order valence-corrected chi connectivity index (χ2v) is 9.08. The van der Waals surface area contributed by atoms with E-state index in [0.717, 1.165) is 31.0 Å². The quantitative estimate of drug-likeness (QED) is 0.556. The monoisotopic (exact) mass is 424 g/mol. The van der Waals surface area contributed by atoms with Gasteiger partial charge >= 0.3 is 0 Å². The van der Waals surface area contributed by atoms with Crippen molar-refractivity contribution >= 4 is 17.1 Å². The van der Waals surface area contributed by atoms with Gasteiger partial charge in [0.2, 0.25) is 0 Å². The summed E-state index contributed by atoms with van der Waals surface area (Å²) >= 11 is 0. The lowest BCUT2D eigenvalue weighted by atomic mass is 9.86. The van der Waals surface area contributed by atoms with Crippen molar-refractivity contribution in [1.82, 2.24) is 4.90 Å². The molecule has 2 heterocycles. The Morgan fingerprint density at radius 2 is 1.58 bits per heavy atom. The lowest BCUT2D eigenvalue weighted by molar-refractivity contribution is 0.0977. The van der Waals surface area contributed by atoms with Gasteiger partial charge in [-0.1, -0.05) is 6.42 Å². The molecule has 4 nitrogen and oxygen atoms in total. The Bertz CT molecular complexity index is 972. The molecule has 2 aromatic rings. The van der Waals surface area contributed by atoms with Crippen molar-refractivity contribution in [2.24, 2.45) is 10.2 Å². The largest absolute Gasteiger partial charge is 0.381 e. The van der Waals surface area contributed by atoms with E-state index in [9.17, 15) is 8.78 Å². The highest BCUT2D eigenvalue weighted by Gasteiger charge is 2.33. The Hall–Kier alpha value is -2.34. The van der Waals surface area contributed by atoms with Crippen molar-refractivity contribution in [3.05, 3.63) is 53.1 Å². The number of nitrogens with zero attached hydrogens (tertiary/aromatic N) is 3. The molecule has 0 bridgehead atoms. The molecule has 1 N–H and O–H groups in total. The summed E-state index contributed by atoms with van der Waals surface area (Å²) in [5.74, 6) is -1.30. The molecular weight excluding hydrogens is 394 g/mol. The fourth-order valence-corrected chi connectivity index (χ4v) is 5.57. The van der Waals surface area contributed by atoms with Crippen LogP contribution in [0.5, 0.6) is 0 Å². The second-order valence-electron chi connectivity index (χ2n) is 9.08. The van der Waals surface area contributed by atoms with Crippen LogP contribution in [-0.2, 0) is 12.8 Å². The van der Waals surface area contributed by atoms with Gasteiger partial charge in [0.15, 0.2) is 5.82 Å². The second kappa shape index (κ2) is 9.03. The van der Waals surface area contributed by atoms with Gasteiger partial charge in [-0.3, -0.25) is 4.90 Å². The first-order chi connectivity index (χ1) is 15.2. The normalized spacial score (nSPS) is 24.1. The molecule has 1 aliphatic carbocycles. The third-order valence-electron chi connectivity index (χ3n) is 7.12. The van der Waals surface area contributed by atoms with E-state index in [4.69, 9.17) is 0 Å². The average Bonchev–Trinajstić information content (AvgIpc) is 2.80. The maximum absolute atomic E-state index is 13.9. The molecule has 6 heteroatoms. The van der Waals surface area contributed by atoms with Gasteiger partial charge < -0.3 is 5.32 Å². The van der Waals surface area contributed by atoms with Gasteiger partial charge in [-0.2, -0.15) is 5.11 Å². The van der Waals surface area contributed by atoms with Crippen LogP contribution < -0.4 is 5.32 Å². The number of azo groups is 1. The van der Waals surface area contributed by atoms with Gasteiger partial charge in [0.05, 0.1) is 5.69 Å². The van der Waals surface area contributed by atoms with Crippen LogP contribution in [0.25, 0.3) is 0 Å². The van der Waals surface area contributed by atoms with Crippen LogP contribution >= 0.6 is 0 Å². The van der Waals surface area contributed by atoms with E-state index in [-0.39, 0.29) is 5.69 Å². The van der Waals surface area contributed by atoms with Crippen molar-refractivity contribution in [3.8, 4) is 0 Å². The zero-order valence-corrected chi connectivity index (χ0v) is 17.9. The van der Waals surface area contributed by atoms with Crippen molar-refractivity contribution in [2.75, 3.05) is 18.4 Å². The van der Waals surface area contributed by atoms with Crippen LogP contribution in [0.15, 0.2) is 40.6 Å². The van der Waals surface area contributed by atoms with Crippen LogP contribution in [0.1, 0.15) is 56.1 Å². The number of halogens is 2. The van der Waals surface area contributed by atoms with Crippen molar-refractivity contribution in [1.29, 1.82) is 0 Å². The Morgan fingerprint density at radius 3 is 2.45 bits per heavy atom. The number of piperidine rings is 2. The SMILES string of the molecule is Fc1ccc(N=Nc2ccc(N[C@@H]3CCCN4CCCC[C@H]34)c3c2CCCC3)c(F)c1.